The Hall–Kier alpha value is -1.90. The third kappa shape index (κ3) is 6.45. The number of aromatic nitrogens is 1. The third-order valence-electron chi connectivity index (χ3n) is 6.99. The van der Waals surface area contributed by atoms with Gasteiger partial charge in [0.1, 0.15) is 0 Å². The van der Waals surface area contributed by atoms with Gasteiger partial charge in [0.05, 0.1) is 0 Å². The van der Waals surface area contributed by atoms with Crippen molar-refractivity contribution in [3.05, 3.63) is 130 Å². The maximum Gasteiger partial charge on any atom is -1.00 e. The SMILES string of the molecule is CC1=Cc2c(cc(C)n2-c2ccccc2)C1.Cc1ccccc1C1=Cc2ccccc2[CH]1[Zr+2][Si](C)C.[Cl-].[Cl-]. The first-order valence-corrected chi connectivity index (χ1v) is 20.4. The van der Waals surface area contributed by atoms with Crippen LogP contribution in [0.1, 0.15) is 49.8 Å². The minimum atomic E-state index is -0.369. The van der Waals surface area contributed by atoms with Gasteiger partial charge in [-0.15, -0.1) is 0 Å². The van der Waals surface area contributed by atoms with Crippen LogP contribution in [0.5, 0.6) is 0 Å². The number of nitrogens with zero attached hydrogens (tertiary/aromatic N) is 1. The molecule has 1 nitrogen and oxygen atoms in total. The van der Waals surface area contributed by atoms with E-state index in [0.29, 0.717) is 0 Å². The molecule has 5 heteroatoms. The standard InChI is InChI=1S/C16H13.C15H15N.C2H6Si.2ClH.Zr/c1-12-6-2-5-9-16(12)15-10-13-7-3-4-8-14(13)11-15;1-11-8-13-10-12(2)16(15(13)9-11)14-6-4-3-5-7-14;1-3-2;;;/h2-11H,1H3;3-7,9-10H,8H2,1-2H3;1-2H3;2*1H;/q;;;;;+2/p-2. The van der Waals surface area contributed by atoms with Gasteiger partial charge in [-0.3, -0.25) is 0 Å². The van der Waals surface area contributed by atoms with Crippen LogP contribution >= 0.6 is 0 Å². The van der Waals surface area contributed by atoms with Crippen molar-refractivity contribution in [1.29, 1.82) is 0 Å². The van der Waals surface area contributed by atoms with Crippen LogP contribution in [0.25, 0.3) is 23.4 Å². The molecule has 0 spiro atoms. The topological polar surface area (TPSA) is 4.93 Å². The van der Waals surface area contributed by atoms with Crippen LogP contribution in [0.2, 0.25) is 13.1 Å². The number of fused-ring (bicyclic) bond motifs is 2. The predicted molar refractivity (Wildman–Crippen MR) is 154 cm³/mol. The van der Waals surface area contributed by atoms with Gasteiger partial charge in [-0.1, -0.05) is 23.8 Å². The fourth-order valence-electron chi connectivity index (χ4n) is 5.43. The van der Waals surface area contributed by atoms with Crippen LogP contribution in [0.4, 0.5) is 0 Å². The minimum absolute atomic E-state index is 0. The van der Waals surface area contributed by atoms with E-state index in [1.54, 1.807) is 11.1 Å². The van der Waals surface area contributed by atoms with Crippen molar-refractivity contribution >= 4 is 23.6 Å². The van der Waals surface area contributed by atoms with Gasteiger partial charge in [0.25, 0.3) is 0 Å². The molecule has 0 saturated carbocycles. The van der Waals surface area contributed by atoms with Gasteiger partial charge in [-0.05, 0) is 50.1 Å². The molecule has 0 fully saturated rings. The zero-order chi connectivity index (χ0) is 25.2. The van der Waals surface area contributed by atoms with Crippen LogP contribution in [-0.2, 0) is 28.8 Å². The van der Waals surface area contributed by atoms with E-state index in [-0.39, 0.29) is 53.1 Å². The first-order valence-electron chi connectivity index (χ1n) is 12.8. The number of allylic oxidation sites excluding steroid dienone is 2. The van der Waals surface area contributed by atoms with Gasteiger partial charge >= 0.3 is 134 Å². The fraction of sp³-hybridized carbons (Fsp3) is 0.212. The molecule has 6 rings (SSSR count). The molecule has 0 bridgehead atoms. The molecular formula is C33H34Cl2NSiZr. The Kier molecular flexibility index (Phi) is 10.8. The van der Waals surface area contributed by atoms with Crippen LogP contribution in [-0.4, -0.2) is 10.5 Å². The number of aryl methyl sites for hydroxylation is 2. The Bertz CT molecular complexity index is 1450. The maximum atomic E-state index is 2.49. The Morgan fingerprint density at radius 3 is 2.16 bits per heavy atom. The average molecular weight is 635 g/mol. The summed E-state index contributed by atoms with van der Waals surface area (Å²) < 4.78 is 3.10. The summed E-state index contributed by atoms with van der Waals surface area (Å²) in [5, 5.41) is 0. The molecule has 1 atom stereocenters. The number of rotatable bonds is 4. The first kappa shape index (κ1) is 30.6. The largest absolute Gasteiger partial charge is 1.00 e. The van der Waals surface area contributed by atoms with Crippen molar-refractivity contribution in [3.63, 3.8) is 0 Å². The Labute approximate surface area is 253 Å². The van der Waals surface area contributed by atoms with E-state index in [2.05, 4.69) is 136 Å². The number of hydrogen-bond donors (Lipinski definition) is 0. The Balaban J connectivity index is 0.000000204. The van der Waals surface area contributed by atoms with Gasteiger partial charge in [0.15, 0.2) is 0 Å². The second kappa shape index (κ2) is 13.4. The van der Waals surface area contributed by atoms with E-state index in [1.807, 2.05) is 0 Å². The molecule has 1 radical (unpaired) electrons. The molecule has 0 aliphatic heterocycles. The van der Waals surface area contributed by atoms with Crippen LogP contribution < -0.4 is 24.8 Å². The third-order valence-corrected chi connectivity index (χ3v) is 15.8. The molecule has 38 heavy (non-hydrogen) atoms. The van der Waals surface area contributed by atoms with Gasteiger partial charge in [-0.2, -0.15) is 0 Å². The summed E-state index contributed by atoms with van der Waals surface area (Å²) in [7, 11) is 0. The molecule has 1 aromatic heterocycles. The first-order chi connectivity index (χ1) is 17.4. The molecule has 2 aliphatic rings. The van der Waals surface area contributed by atoms with Crippen LogP contribution in [0.15, 0.2) is 90.5 Å². The molecule has 193 valence electrons. The zero-order valence-corrected chi connectivity index (χ0v) is 27.7. The van der Waals surface area contributed by atoms with E-state index >= 15 is 0 Å². The monoisotopic (exact) mass is 632 g/mol. The smallest absolute Gasteiger partial charge is 1.00 e. The normalized spacial score (nSPS) is 14.6. The quantitative estimate of drug-likeness (QED) is 0.305. The Morgan fingerprint density at radius 1 is 0.789 bits per heavy atom. The number of para-hydroxylation sites is 1. The second-order valence-electron chi connectivity index (χ2n) is 10.2. The summed E-state index contributed by atoms with van der Waals surface area (Å²) in [4.78, 5) is 0. The van der Waals surface area contributed by atoms with Crippen molar-refractivity contribution in [1.82, 2.24) is 4.57 Å². The summed E-state index contributed by atoms with van der Waals surface area (Å²) >= 11 is -0.369. The van der Waals surface area contributed by atoms with E-state index in [4.69, 9.17) is 0 Å². The molecule has 0 saturated heterocycles. The molecule has 0 amide bonds. The van der Waals surface area contributed by atoms with Crippen molar-refractivity contribution < 1.29 is 47.2 Å². The summed E-state index contributed by atoms with van der Waals surface area (Å²) in [5.41, 5.74) is 14.4. The predicted octanol–water partition coefficient (Wildman–Crippen LogP) is 2.68. The minimum Gasteiger partial charge on any atom is -1.00 e. The van der Waals surface area contributed by atoms with Crippen molar-refractivity contribution in [3.8, 4) is 5.69 Å². The van der Waals surface area contributed by atoms with Crippen molar-refractivity contribution in [2.75, 3.05) is 0 Å². The average Bonchev–Trinajstić information content (AvgIpc) is 3.49. The van der Waals surface area contributed by atoms with E-state index < -0.39 is 0 Å². The molecular weight excluding hydrogens is 601 g/mol. The summed E-state index contributed by atoms with van der Waals surface area (Å²) in [6, 6.07) is 30.7. The van der Waals surface area contributed by atoms with Crippen LogP contribution in [0.3, 0.4) is 0 Å². The van der Waals surface area contributed by atoms with Gasteiger partial charge in [0.2, 0.25) is 0 Å². The van der Waals surface area contributed by atoms with Crippen molar-refractivity contribution in [2.24, 2.45) is 0 Å². The molecule has 3 aromatic carbocycles. The van der Waals surface area contributed by atoms with Crippen molar-refractivity contribution in [2.45, 2.75) is 43.9 Å². The van der Waals surface area contributed by atoms with Gasteiger partial charge < -0.3 is 29.4 Å². The van der Waals surface area contributed by atoms with E-state index in [9.17, 15) is 0 Å². The van der Waals surface area contributed by atoms with E-state index in [1.165, 1.54) is 44.9 Å². The Morgan fingerprint density at radius 2 is 1.45 bits per heavy atom. The molecule has 0 N–H and O–H groups in total. The second-order valence-corrected chi connectivity index (χ2v) is 23.4. The summed E-state index contributed by atoms with van der Waals surface area (Å²) in [5.74, 6) is -0.0822. The number of halogens is 2. The van der Waals surface area contributed by atoms with E-state index in [0.717, 1.165) is 10.0 Å². The number of hydrogen-bond acceptors (Lipinski definition) is 0. The fourth-order valence-corrected chi connectivity index (χ4v) is 14.1. The molecule has 2 aliphatic carbocycles. The zero-order valence-electron chi connectivity index (χ0n) is 22.7. The molecule has 1 heterocycles. The molecule has 4 aromatic rings. The van der Waals surface area contributed by atoms with Crippen LogP contribution in [0, 0.1) is 13.8 Å². The van der Waals surface area contributed by atoms with Gasteiger partial charge in [-0.25, -0.2) is 0 Å². The summed E-state index contributed by atoms with van der Waals surface area (Å²) in [6.45, 7) is 11.6. The van der Waals surface area contributed by atoms with Gasteiger partial charge in [0, 0.05) is 17.1 Å². The molecule has 1 unspecified atom stereocenters. The summed E-state index contributed by atoms with van der Waals surface area (Å²) in [6.07, 6.45) is 5.86. The number of benzene rings is 3. The maximum absolute atomic E-state index is 2.49.